The van der Waals surface area contributed by atoms with Crippen molar-refractivity contribution in [1.82, 2.24) is 4.98 Å². The molecule has 0 unspecified atom stereocenters. The van der Waals surface area contributed by atoms with Crippen molar-refractivity contribution in [2.75, 3.05) is 0 Å². The van der Waals surface area contributed by atoms with Crippen LogP contribution in [0.4, 0.5) is 0 Å². The van der Waals surface area contributed by atoms with E-state index in [1.807, 2.05) is 0 Å². The molecule has 1 aromatic heterocycles. The molecule has 1 aromatic carbocycles. The normalized spacial score (nSPS) is 11.1. The SMILES string of the molecule is O=C(CCCCCCCCCCCCCCCc1ccc2ccccc2n1)OO. The van der Waals surface area contributed by atoms with Gasteiger partial charge in [0.1, 0.15) is 0 Å². The highest BCUT2D eigenvalue weighted by molar-refractivity contribution is 5.78. The summed E-state index contributed by atoms with van der Waals surface area (Å²) >= 11 is 0. The van der Waals surface area contributed by atoms with E-state index < -0.39 is 5.97 Å². The van der Waals surface area contributed by atoms with Crippen LogP contribution in [-0.2, 0) is 16.1 Å². The Morgan fingerprint density at radius 2 is 1.28 bits per heavy atom. The number of pyridine rings is 1. The molecule has 0 bridgehead atoms. The highest BCUT2D eigenvalue weighted by Gasteiger charge is 2.01. The minimum absolute atomic E-state index is 0.329. The summed E-state index contributed by atoms with van der Waals surface area (Å²) in [5.41, 5.74) is 2.33. The van der Waals surface area contributed by atoms with Gasteiger partial charge in [-0.2, -0.15) is 5.26 Å². The van der Waals surface area contributed by atoms with Crippen molar-refractivity contribution in [2.45, 2.75) is 96.3 Å². The zero-order valence-corrected chi connectivity index (χ0v) is 17.8. The van der Waals surface area contributed by atoms with E-state index in [0.717, 1.165) is 24.8 Å². The van der Waals surface area contributed by atoms with Crippen molar-refractivity contribution in [1.29, 1.82) is 0 Å². The summed E-state index contributed by atoms with van der Waals surface area (Å²) in [5, 5.41) is 9.39. The smallest absolute Gasteiger partial charge is 0.301 e. The third-order valence-electron chi connectivity index (χ3n) is 5.57. The number of aromatic nitrogens is 1. The van der Waals surface area contributed by atoms with E-state index in [4.69, 9.17) is 10.2 Å². The van der Waals surface area contributed by atoms with Crippen molar-refractivity contribution < 1.29 is 14.9 Å². The molecule has 160 valence electrons. The van der Waals surface area contributed by atoms with Gasteiger partial charge in [0.15, 0.2) is 0 Å². The standard InChI is InChI=1S/C25H37NO3/c27-25(29-28)19-13-11-9-7-5-3-1-2-4-6-8-10-12-17-23-21-20-22-16-14-15-18-24(22)26-23/h14-16,18,20-21,28H,1-13,17,19H2. The summed E-state index contributed by atoms with van der Waals surface area (Å²) in [6.45, 7) is 0. The van der Waals surface area contributed by atoms with Crippen LogP contribution in [0.3, 0.4) is 0 Å². The van der Waals surface area contributed by atoms with Crippen LogP contribution < -0.4 is 0 Å². The number of unbranched alkanes of at least 4 members (excludes halogenated alkanes) is 12. The van der Waals surface area contributed by atoms with Crippen LogP contribution in [0.15, 0.2) is 36.4 Å². The number of carbonyl (C=O) groups is 1. The van der Waals surface area contributed by atoms with E-state index in [2.05, 4.69) is 41.3 Å². The van der Waals surface area contributed by atoms with Gasteiger partial charge in [-0.3, -0.25) is 4.98 Å². The first-order valence-electron chi connectivity index (χ1n) is 11.5. The molecule has 0 amide bonds. The number of hydrogen-bond acceptors (Lipinski definition) is 4. The molecule has 0 saturated heterocycles. The molecule has 0 aliphatic carbocycles. The molecule has 0 aliphatic rings. The Labute approximate surface area is 175 Å². The molecular formula is C25H37NO3. The van der Waals surface area contributed by atoms with Gasteiger partial charge >= 0.3 is 5.97 Å². The molecule has 0 spiro atoms. The molecule has 0 fully saturated rings. The molecule has 29 heavy (non-hydrogen) atoms. The van der Waals surface area contributed by atoms with E-state index >= 15 is 0 Å². The third kappa shape index (κ3) is 10.4. The lowest BCUT2D eigenvalue weighted by molar-refractivity contribution is -0.234. The molecule has 1 heterocycles. The van der Waals surface area contributed by atoms with E-state index in [9.17, 15) is 4.79 Å². The van der Waals surface area contributed by atoms with Crippen LogP contribution in [0.25, 0.3) is 10.9 Å². The van der Waals surface area contributed by atoms with Crippen LogP contribution >= 0.6 is 0 Å². The lowest BCUT2D eigenvalue weighted by atomic mass is 10.0. The van der Waals surface area contributed by atoms with Gasteiger partial charge in [0.25, 0.3) is 0 Å². The number of rotatable bonds is 16. The van der Waals surface area contributed by atoms with Gasteiger partial charge in [-0.1, -0.05) is 94.9 Å². The molecule has 4 heteroatoms. The maximum atomic E-state index is 10.8. The second kappa shape index (κ2) is 15.0. The number of aryl methyl sites for hydroxylation is 1. The van der Waals surface area contributed by atoms with Gasteiger partial charge in [-0.15, -0.1) is 0 Å². The third-order valence-corrected chi connectivity index (χ3v) is 5.57. The number of para-hydroxylation sites is 1. The molecule has 0 radical (unpaired) electrons. The number of hydrogen-bond donors (Lipinski definition) is 1. The maximum Gasteiger partial charge on any atom is 0.342 e. The van der Waals surface area contributed by atoms with Crippen molar-refractivity contribution in [3.05, 3.63) is 42.1 Å². The van der Waals surface area contributed by atoms with Crippen molar-refractivity contribution >= 4 is 16.9 Å². The predicted octanol–water partition coefficient (Wildman–Crippen LogP) is 7.25. The first-order valence-corrected chi connectivity index (χ1v) is 11.5. The highest BCUT2D eigenvalue weighted by Crippen LogP contribution is 2.15. The Hall–Kier alpha value is -1.94. The summed E-state index contributed by atoms with van der Waals surface area (Å²) in [7, 11) is 0. The van der Waals surface area contributed by atoms with Crippen LogP contribution in [0.2, 0.25) is 0 Å². The zero-order chi connectivity index (χ0) is 20.6. The zero-order valence-electron chi connectivity index (χ0n) is 17.8. The fourth-order valence-corrected chi connectivity index (χ4v) is 3.81. The van der Waals surface area contributed by atoms with Crippen LogP contribution in [0, 0.1) is 0 Å². The van der Waals surface area contributed by atoms with Crippen molar-refractivity contribution in [3.63, 3.8) is 0 Å². The Balaban J connectivity index is 1.35. The van der Waals surface area contributed by atoms with E-state index in [1.54, 1.807) is 0 Å². The first-order chi connectivity index (χ1) is 14.3. The molecule has 1 N–H and O–H groups in total. The summed E-state index contributed by atoms with van der Waals surface area (Å²) in [6, 6.07) is 12.7. The van der Waals surface area contributed by atoms with E-state index in [-0.39, 0.29) is 0 Å². The second-order valence-corrected chi connectivity index (χ2v) is 8.05. The minimum atomic E-state index is -0.518. The van der Waals surface area contributed by atoms with Crippen LogP contribution in [0.1, 0.15) is 95.6 Å². The number of benzene rings is 1. The van der Waals surface area contributed by atoms with Gasteiger partial charge in [0.2, 0.25) is 0 Å². The maximum absolute atomic E-state index is 10.8. The van der Waals surface area contributed by atoms with Crippen molar-refractivity contribution in [3.8, 4) is 0 Å². The number of fused-ring (bicyclic) bond motifs is 1. The van der Waals surface area contributed by atoms with Gasteiger partial charge in [0, 0.05) is 17.5 Å². The molecular weight excluding hydrogens is 362 g/mol. The molecule has 2 rings (SSSR count). The second-order valence-electron chi connectivity index (χ2n) is 8.05. The molecule has 2 aromatic rings. The molecule has 4 nitrogen and oxygen atoms in total. The fourth-order valence-electron chi connectivity index (χ4n) is 3.81. The van der Waals surface area contributed by atoms with Crippen molar-refractivity contribution in [2.24, 2.45) is 0 Å². The lowest BCUT2D eigenvalue weighted by Crippen LogP contribution is -1.99. The Morgan fingerprint density at radius 3 is 1.90 bits per heavy atom. The van der Waals surface area contributed by atoms with Gasteiger partial charge < -0.3 is 4.89 Å². The van der Waals surface area contributed by atoms with E-state index in [0.29, 0.717) is 6.42 Å². The number of nitrogens with zero attached hydrogens (tertiary/aromatic N) is 1. The topological polar surface area (TPSA) is 59.4 Å². The number of carbonyl (C=O) groups excluding carboxylic acids is 1. The van der Waals surface area contributed by atoms with Crippen LogP contribution in [0.5, 0.6) is 0 Å². The summed E-state index contributed by atoms with van der Waals surface area (Å²) in [4.78, 5) is 19.2. The van der Waals surface area contributed by atoms with Gasteiger partial charge in [0.05, 0.1) is 5.52 Å². The first kappa shape index (κ1) is 23.3. The lowest BCUT2D eigenvalue weighted by Gasteiger charge is -2.04. The molecule has 0 atom stereocenters. The van der Waals surface area contributed by atoms with Gasteiger partial charge in [-0.05, 0) is 31.4 Å². The summed E-state index contributed by atoms with van der Waals surface area (Å²) in [5.74, 6) is -0.518. The minimum Gasteiger partial charge on any atom is -0.301 e. The summed E-state index contributed by atoms with van der Waals surface area (Å²) < 4.78 is 0. The average molecular weight is 400 g/mol. The van der Waals surface area contributed by atoms with Crippen LogP contribution in [-0.4, -0.2) is 16.2 Å². The molecule has 0 aliphatic heterocycles. The Morgan fingerprint density at radius 1 is 0.724 bits per heavy atom. The predicted molar refractivity (Wildman–Crippen MR) is 119 cm³/mol. The quantitative estimate of drug-likeness (QED) is 0.183. The van der Waals surface area contributed by atoms with Gasteiger partial charge in [-0.25, -0.2) is 4.79 Å². The monoisotopic (exact) mass is 399 g/mol. The highest BCUT2D eigenvalue weighted by atomic mass is 17.1. The van der Waals surface area contributed by atoms with E-state index in [1.165, 1.54) is 81.7 Å². The Kier molecular flexibility index (Phi) is 12.1. The summed E-state index contributed by atoms with van der Waals surface area (Å²) in [6.07, 6.45) is 17.6. The fraction of sp³-hybridized carbons (Fsp3) is 0.600. The largest absolute Gasteiger partial charge is 0.342 e. The molecule has 0 saturated carbocycles. The Bertz CT molecular complexity index is 701. The average Bonchev–Trinajstić information content (AvgIpc) is 2.76.